The van der Waals surface area contributed by atoms with Gasteiger partial charge in [0.2, 0.25) is 10.0 Å². The van der Waals surface area contributed by atoms with E-state index in [9.17, 15) is 12.8 Å². The van der Waals surface area contributed by atoms with Gasteiger partial charge in [-0.3, -0.25) is 0 Å². The quantitative estimate of drug-likeness (QED) is 0.556. The number of hydrogen-bond acceptors (Lipinski definition) is 4. The van der Waals surface area contributed by atoms with Crippen LogP contribution in [-0.4, -0.2) is 45.0 Å². The van der Waals surface area contributed by atoms with Gasteiger partial charge in [0, 0.05) is 13.1 Å². The van der Waals surface area contributed by atoms with Gasteiger partial charge in [0.05, 0.1) is 24.1 Å². The summed E-state index contributed by atoms with van der Waals surface area (Å²) in [5.74, 6) is 0.428. The fourth-order valence-corrected chi connectivity index (χ4v) is 3.98. The standard InChI is InChI=1S/C21H27FN4O3S/c1-3-24-21(25-12-16-5-4-6-19(11-16)30(23,27)28)26-13-15(2)29-20(14-26)17-7-9-18(22)10-8-17/h4-11,15,20H,3,12-14H2,1-2H3,(H,24,25)(H2,23,27,28). The molecular weight excluding hydrogens is 407 g/mol. The summed E-state index contributed by atoms with van der Waals surface area (Å²) in [4.78, 5) is 6.86. The van der Waals surface area contributed by atoms with Gasteiger partial charge in [0.25, 0.3) is 0 Å². The van der Waals surface area contributed by atoms with Gasteiger partial charge >= 0.3 is 0 Å². The number of nitrogens with zero attached hydrogens (tertiary/aromatic N) is 2. The van der Waals surface area contributed by atoms with Crippen molar-refractivity contribution in [2.75, 3.05) is 19.6 Å². The monoisotopic (exact) mass is 434 g/mol. The first-order valence-electron chi connectivity index (χ1n) is 9.82. The minimum absolute atomic E-state index is 0.0385. The molecule has 3 N–H and O–H groups in total. The Hall–Kier alpha value is -2.49. The lowest BCUT2D eigenvalue weighted by Crippen LogP contribution is -2.50. The molecule has 1 saturated heterocycles. The summed E-state index contributed by atoms with van der Waals surface area (Å²) in [5, 5.41) is 8.51. The van der Waals surface area contributed by atoms with Crippen molar-refractivity contribution in [3.05, 3.63) is 65.5 Å². The Balaban J connectivity index is 1.79. The second-order valence-corrected chi connectivity index (χ2v) is 8.82. The lowest BCUT2D eigenvalue weighted by Gasteiger charge is -2.38. The molecule has 2 unspecified atom stereocenters. The summed E-state index contributed by atoms with van der Waals surface area (Å²) < 4.78 is 42.5. The molecule has 7 nitrogen and oxygen atoms in total. The summed E-state index contributed by atoms with van der Waals surface area (Å²) >= 11 is 0. The smallest absolute Gasteiger partial charge is 0.238 e. The van der Waals surface area contributed by atoms with Gasteiger partial charge in [-0.15, -0.1) is 0 Å². The second kappa shape index (κ2) is 9.55. The van der Waals surface area contributed by atoms with Crippen LogP contribution in [0.3, 0.4) is 0 Å². The Morgan fingerprint density at radius 1 is 1.27 bits per heavy atom. The Kier molecular flexibility index (Phi) is 7.06. The molecule has 30 heavy (non-hydrogen) atoms. The maximum Gasteiger partial charge on any atom is 0.238 e. The summed E-state index contributed by atoms with van der Waals surface area (Å²) in [6.07, 6.45) is -0.243. The molecule has 0 saturated carbocycles. The average Bonchev–Trinajstić information content (AvgIpc) is 2.71. The van der Waals surface area contributed by atoms with Gasteiger partial charge in [-0.25, -0.2) is 22.9 Å². The molecular formula is C21H27FN4O3S. The molecule has 0 spiro atoms. The van der Waals surface area contributed by atoms with Crippen LogP contribution in [-0.2, 0) is 21.3 Å². The molecule has 0 bridgehead atoms. The third kappa shape index (κ3) is 5.78. The Morgan fingerprint density at radius 2 is 2.00 bits per heavy atom. The van der Waals surface area contributed by atoms with E-state index in [1.807, 2.05) is 19.9 Å². The van der Waals surface area contributed by atoms with Crippen molar-refractivity contribution in [1.82, 2.24) is 10.2 Å². The zero-order chi connectivity index (χ0) is 21.7. The van der Waals surface area contributed by atoms with Crippen LogP contribution < -0.4 is 10.5 Å². The summed E-state index contributed by atoms with van der Waals surface area (Å²) in [6.45, 7) is 6.18. The summed E-state index contributed by atoms with van der Waals surface area (Å²) in [5.41, 5.74) is 1.65. The van der Waals surface area contributed by atoms with Crippen molar-refractivity contribution in [1.29, 1.82) is 0 Å². The molecule has 2 aromatic rings. The molecule has 1 aliphatic heterocycles. The normalized spacial score (nSPS) is 20.3. The number of benzene rings is 2. The van der Waals surface area contributed by atoms with Crippen molar-refractivity contribution < 1.29 is 17.5 Å². The molecule has 9 heteroatoms. The molecule has 3 rings (SSSR count). The van der Waals surface area contributed by atoms with Gasteiger partial charge in [0.1, 0.15) is 11.9 Å². The van der Waals surface area contributed by atoms with Crippen LogP contribution in [0.1, 0.15) is 31.1 Å². The topological polar surface area (TPSA) is 97.0 Å². The van der Waals surface area contributed by atoms with E-state index in [2.05, 4.69) is 15.2 Å². The number of sulfonamides is 1. The number of nitrogens with one attached hydrogen (secondary N) is 1. The lowest BCUT2D eigenvalue weighted by molar-refractivity contribution is -0.0605. The van der Waals surface area contributed by atoms with Crippen molar-refractivity contribution >= 4 is 16.0 Å². The summed E-state index contributed by atoms with van der Waals surface area (Å²) in [7, 11) is -3.76. The predicted molar refractivity (Wildman–Crippen MR) is 114 cm³/mol. The van der Waals surface area contributed by atoms with Gasteiger partial charge in [-0.05, 0) is 49.2 Å². The molecule has 0 amide bonds. The Bertz CT molecular complexity index is 996. The maximum atomic E-state index is 13.3. The minimum Gasteiger partial charge on any atom is -0.367 e. The molecule has 1 fully saturated rings. The largest absolute Gasteiger partial charge is 0.367 e. The van der Waals surface area contributed by atoms with E-state index < -0.39 is 10.0 Å². The van der Waals surface area contributed by atoms with Crippen molar-refractivity contribution in [2.45, 2.75) is 37.5 Å². The predicted octanol–water partition coefficient (Wildman–Crippen LogP) is 2.40. The van der Waals surface area contributed by atoms with E-state index in [0.717, 1.165) is 11.1 Å². The number of aliphatic imine (C=N–C) groups is 1. The number of nitrogens with two attached hydrogens (primary N) is 1. The average molecular weight is 435 g/mol. The molecule has 1 aliphatic rings. The van der Waals surface area contributed by atoms with Crippen molar-refractivity contribution in [3.8, 4) is 0 Å². The SMILES string of the molecule is CCNC(=NCc1cccc(S(N)(=O)=O)c1)N1CC(C)OC(c2ccc(F)cc2)C1. The molecule has 0 aliphatic carbocycles. The van der Waals surface area contributed by atoms with Gasteiger partial charge in [-0.2, -0.15) is 0 Å². The first-order chi connectivity index (χ1) is 14.3. The van der Waals surface area contributed by atoms with Gasteiger partial charge in [0.15, 0.2) is 5.96 Å². The number of hydrogen-bond donors (Lipinski definition) is 2. The number of morpholine rings is 1. The first-order valence-corrected chi connectivity index (χ1v) is 11.4. The van der Waals surface area contributed by atoms with Crippen LogP contribution in [0.25, 0.3) is 0 Å². The van der Waals surface area contributed by atoms with E-state index in [1.54, 1.807) is 18.2 Å². The zero-order valence-corrected chi connectivity index (χ0v) is 17.9. The molecule has 0 radical (unpaired) electrons. The summed E-state index contributed by atoms with van der Waals surface area (Å²) in [6, 6.07) is 12.8. The molecule has 1 heterocycles. The highest BCUT2D eigenvalue weighted by atomic mass is 32.2. The number of halogens is 1. The van der Waals surface area contributed by atoms with E-state index >= 15 is 0 Å². The fraction of sp³-hybridized carbons (Fsp3) is 0.381. The fourth-order valence-electron chi connectivity index (χ4n) is 3.40. The van der Waals surface area contributed by atoms with E-state index in [1.165, 1.54) is 24.3 Å². The maximum absolute atomic E-state index is 13.3. The molecule has 162 valence electrons. The molecule has 2 atom stereocenters. The van der Waals surface area contributed by atoms with E-state index in [0.29, 0.717) is 32.1 Å². The molecule has 2 aromatic carbocycles. The van der Waals surface area contributed by atoms with Crippen molar-refractivity contribution in [3.63, 3.8) is 0 Å². The van der Waals surface area contributed by atoms with Crippen LogP contribution in [0.2, 0.25) is 0 Å². The Morgan fingerprint density at radius 3 is 2.67 bits per heavy atom. The van der Waals surface area contributed by atoms with Crippen LogP contribution in [0.4, 0.5) is 4.39 Å². The van der Waals surface area contributed by atoms with Crippen LogP contribution >= 0.6 is 0 Å². The van der Waals surface area contributed by atoms with Crippen LogP contribution in [0.5, 0.6) is 0 Å². The van der Waals surface area contributed by atoms with Crippen LogP contribution in [0, 0.1) is 5.82 Å². The van der Waals surface area contributed by atoms with E-state index in [-0.39, 0.29) is 22.9 Å². The number of guanidine groups is 1. The minimum atomic E-state index is -3.76. The van der Waals surface area contributed by atoms with Crippen LogP contribution in [0.15, 0.2) is 58.4 Å². The van der Waals surface area contributed by atoms with Gasteiger partial charge in [-0.1, -0.05) is 24.3 Å². The number of rotatable bonds is 5. The second-order valence-electron chi connectivity index (χ2n) is 7.25. The zero-order valence-electron chi connectivity index (χ0n) is 17.1. The first kappa shape index (κ1) is 22.2. The highest BCUT2D eigenvalue weighted by Crippen LogP contribution is 2.25. The highest BCUT2D eigenvalue weighted by molar-refractivity contribution is 7.89. The number of primary sulfonamides is 1. The highest BCUT2D eigenvalue weighted by Gasteiger charge is 2.28. The van der Waals surface area contributed by atoms with Gasteiger partial charge < -0.3 is 15.0 Å². The lowest BCUT2D eigenvalue weighted by atomic mass is 10.1. The van der Waals surface area contributed by atoms with Crippen molar-refractivity contribution in [2.24, 2.45) is 10.1 Å². The Labute approximate surface area is 176 Å². The van der Waals surface area contributed by atoms with E-state index in [4.69, 9.17) is 9.88 Å². The third-order valence-corrected chi connectivity index (χ3v) is 5.69. The number of ether oxygens (including phenoxy) is 1. The molecule has 0 aromatic heterocycles. The third-order valence-electron chi connectivity index (χ3n) is 4.77.